The molecular weight excluding hydrogens is 352 g/mol. The Bertz CT molecular complexity index is 899. The van der Waals surface area contributed by atoms with Gasteiger partial charge in [0.1, 0.15) is 17.7 Å². The van der Waals surface area contributed by atoms with E-state index in [2.05, 4.69) is 16.0 Å². The van der Waals surface area contributed by atoms with Crippen molar-refractivity contribution in [3.05, 3.63) is 64.7 Å². The van der Waals surface area contributed by atoms with Gasteiger partial charge in [0, 0.05) is 18.2 Å². The second kappa shape index (κ2) is 6.98. The van der Waals surface area contributed by atoms with Crippen LogP contribution in [0.4, 0.5) is 19.3 Å². The number of urea groups is 1. The van der Waals surface area contributed by atoms with E-state index >= 15 is 0 Å². The molecule has 1 heterocycles. The van der Waals surface area contributed by atoms with Crippen LogP contribution in [0.2, 0.25) is 0 Å². The highest BCUT2D eigenvalue weighted by Gasteiger charge is 2.38. The van der Waals surface area contributed by atoms with E-state index < -0.39 is 23.8 Å². The second-order valence-electron chi connectivity index (χ2n) is 6.93. The van der Waals surface area contributed by atoms with Gasteiger partial charge in [-0.05, 0) is 66.3 Å². The Balaban J connectivity index is 1.52. The lowest BCUT2D eigenvalue weighted by Crippen LogP contribution is -2.44. The van der Waals surface area contributed by atoms with Gasteiger partial charge in [-0.25, -0.2) is 13.6 Å². The van der Waals surface area contributed by atoms with Gasteiger partial charge >= 0.3 is 6.03 Å². The van der Waals surface area contributed by atoms with E-state index in [4.69, 9.17) is 0 Å². The first-order chi connectivity index (χ1) is 13.0. The molecule has 2 aliphatic rings. The molecule has 2 unspecified atom stereocenters. The minimum atomic E-state index is -0.876. The number of aryl methyl sites for hydroxylation is 2. The van der Waals surface area contributed by atoms with Crippen molar-refractivity contribution >= 4 is 17.6 Å². The molecule has 2 atom stereocenters. The van der Waals surface area contributed by atoms with Crippen LogP contribution >= 0.6 is 0 Å². The highest BCUT2D eigenvalue weighted by molar-refractivity contribution is 5.95. The average molecular weight is 371 g/mol. The summed E-state index contributed by atoms with van der Waals surface area (Å²) in [6.45, 7) is 0.260. The standard InChI is InChI=1S/C20H19F2N3O2/c21-13-4-6-14(7-5-13)24-20(27)25-18-16(10-23-19(18)26)15-8-11-2-1-3-12(11)9-17(15)22/h4-9,16,18H,1-3,10H2,(H,23,26)(H2,24,25,27). The zero-order valence-corrected chi connectivity index (χ0v) is 14.5. The largest absolute Gasteiger partial charge is 0.354 e. The number of fused-ring (bicyclic) bond motifs is 1. The SMILES string of the molecule is O=C(Nc1ccc(F)cc1)NC1C(=O)NCC1c1cc2c(cc1F)CCC2. The molecule has 0 radical (unpaired) electrons. The van der Waals surface area contributed by atoms with Crippen molar-refractivity contribution in [3.8, 4) is 0 Å². The Hall–Kier alpha value is -2.96. The van der Waals surface area contributed by atoms with Crippen LogP contribution in [0.3, 0.4) is 0 Å². The van der Waals surface area contributed by atoms with E-state index in [0.717, 1.165) is 30.4 Å². The van der Waals surface area contributed by atoms with Gasteiger partial charge in [-0.1, -0.05) is 6.07 Å². The van der Waals surface area contributed by atoms with Gasteiger partial charge in [0.15, 0.2) is 0 Å². The fourth-order valence-corrected chi connectivity index (χ4v) is 3.82. The Morgan fingerprint density at radius 1 is 1.07 bits per heavy atom. The second-order valence-corrected chi connectivity index (χ2v) is 6.93. The van der Waals surface area contributed by atoms with Gasteiger partial charge in [-0.2, -0.15) is 0 Å². The summed E-state index contributed by atoms with van der Waals surface area (Å²) < 4.78 is 27.6. The smallest absolute Gasteiger partial charge is 0.319 e. The molecule has 0 bridgehead atoms. The number of benzene rings is 2. The summed E-state index contributed by atoms with van der Waals surface area (Å²) in [7, 11) is 0. The number of hydrogen-bond acceptors (Lipinski definition) is 2. The Kier molecular flexibility index (Phi) is 4.51. The van der Waals surface area contributed by atoms with Crippen LogP contribution in [-0.4, -0.2) is 24.5 Å². The van der Waals surface area contributed by atoms with E-state index in [1.165, 1.54) is 24.3 Å². The van der Waals surface area contributed by atoms with Crippen LogP contribution in [0.1, 0.15) is 29.0 Å². The number of nitrogens with one attached hydrogen (secondary N) is 3. The van der Waals surface area contributed by atoms with Crippen molar-refractivity contribution in [1.29, 1.82) is 0 Å². The predicted molar refractivity (Wildman–Crippen MR) is 96.5 cm³/mol. The summed E-state index contributed by atoms with van der Waals surface area (Å²) in [5.41, 5.74) is 2.97. The molecule has 1 aliphatic carbocycles. The summed E-state index contributed by atoms with van der Waals surface area (Å²) in [4.78, 5) is 24.5. The van der Waals surface area contributed by atoms with Gasteiger partial charge in [-0.15, -0.1) is 0 Å². The third kappa shape index (κ3) is 3.49. The van der Waals surface area contributed by atoms with Crippen LogP contribution in [0, 0.1) is 11.6 Å². The molecule has 2 aromatic rings. The Labute approximate surface area is 155 Å². The molecular formula is C20H19F2N3O2. The highest BCUT2D eigenvalue weighted by Crippen LogP contribution is 2.32. The summed E-state index contributed by atoms with van der Waals surface area (Å²) in [5, 5.41) is 7.86. The molecule has 140 valence electrons. The topological polar surface area (TPSA) is 70.2 Å². The van der Waals surface area contributed by atoms with Crippen molar-refractivity contribution in [3.63, 3.8) is 0 Å². The fourth-order valence-electron chi connectivity index (χ4n) is 3.82. The van der Waals surface area contributed by atoms with E-state index in [-0.39, 0.29) is 18.3 Å². The van der Waals surface area contributed by atoms with Gasteiger partial charge in [0.05, 0.1) is 0 Å². The van der Waals surface area contributed by atoms with Crippen LogP contribution < -0.4 is 16.0 Å². The van der Waals surface area contributed by atoms with Gasteiger partial charge in [0.25, 0.3) is 0 Å². The molecule has 5 nitrogen and oxygen atoms in total. The molecule has 3 N–H and O–H groups in total. The molecule has 1 saturated heterocycles. The number of anilines is 1. The normalized spacial score (nSPS) is 20.9. The first-order valence-electron chi connectivity index (χ1n) is 8.93. The predicted octanol–water partition coefficient (Wildman–Crippen LogP) is 2.86. The maximum Gasteiger partial charge on any atom is 0.319 e. The third-order valence-corrected chi connectivity index (χ3v) is 5.18. The lowest BCUT2D eigenvalue weighted by molar-refractivity contribution is -0.120. The van der Waals surface area contributed by atoms with E-state index in [1.54, 1.807) is 6.07 Å². The molecule has 4 rings (SSSR count). The quantitative estimate of drug-likeness (QED) is 0.777. The zero-order valence-electron chi connectivity index (χ0n) is 14.5. The Morgan fingerprint density at radius 3 is 2.52 bits per heavy atom. The molecule has 3 amide bonds. The minimum Gasteiger partial charge on any atom is -0.354 e. The summed E-state index contributed by atoms with van der Waals surface area (Å²) in [6, 6.07) is 7.18. The molecule has 0 spiro atoms. The zero-order chi connectivity index (χ0) is 19.0. The summed E-state index contributed by atoms with van der Waals surface area (Å²) in [5.74, 6) is -1.59. The van der Waals surface area contributed by atoms with Crippen molar-refractivity contribution < 1.29 is 18.4 Å². The summed E-state index contributed by atoms with van der Waals surface area (Å²) >= 11 is 0. The molecule has 0 saturated carbocycles. The van der Waals surface area contributed by atoms with E-state index in [0.29, 0.717) is 11.3 Å². The van der Waals surface area contributed by atoms with Crippen LogP contribution in [0.5, 0.6) is 0 Å². The third-order valence-electron chi connectivity index (χ3n) is 5.18. The van der Waals surface area contributed by atoms with Crippen LogP contribution in [0.25, 0.3) is 0 Å². The number of rotatable bonds is 3. The fraction of sp³-hybridized carbons (Fsp3) is 0.300. The Morgan fingerprint density at radius 2 is 1.78 bits per heavy atom. The van der Waals surface area contributed by atoms with Crippen molar-refractivity contribution in [2.24, 2.45) is 0 Å². The molecule has 27 heavy (non-hydrogen) atoms. The number of halogens is 2. The highest BCUT2D eigenvalue weighted by atomic mass is 19.1. The molecule has 7 heteroatoms. The van der Waals surface area contributed by atoms with Gasteiger partial charge in [-0.3, -0.25) is 4.79 Å². The van der Waals surface area contributed by atoms with Crippen LogP contribution in [0.15, 0.2) is 36.4 Å². The van der Waals surface area contributed by atoms with Gasteiger partial charge < -0.3 is 16.0 Å². The van der Waals surface area contributed by atoms with E-state index in [9.17, 15) is 18.4 Å². The number of carbonyl (C=O) groups excluding carboxylic acids is 2. The monoisotopic (exact) mass is 371 g/mol. The molecule has 1 fully saturated rings. The van der Waals surface area contributed by atoms with Crippen molar-refractivity contribution in [1.82, 2.24) is 10.6 Å². The lowest BCUT2D eigenvalue weighted by atomic mass is 9.91. The molecule has 2 aromatic carbocycles. The number of amides is 3. The van der Waals surface area contributed by atoms with E-state index in [1.807, 2.05) is 6.07 Å². The number of hydrogen-bond donors (Lipinski definition) is 3. The van der Waals surface area contributed by atoms with Crippen LogP contribution in [-0.2, 0) is 17.6 Å². The molecule has 1 aliphatic heterocycles. The minimum absolute atomic E-state index is 0.260. The lowest BCUT2D eigenvalue weighted by Gasteiger charge is -2.20. The molecule has 0 aromatic heterocycles. The first-order valence-corrected chi connectivity index (χ1v) is 8.93. The maximum absolute atomic E-state index is 14.6. The van der Waals surface area contributed by atoms with Crippen molar-refractivity contribution in [2.75, 3.05) is 11.9 Å². The first kappa shape index (κ1) is 17.5. The maximum atomic E-state index is 14.6. The average Bonchev–Trinajstić information content (AvgIpc) is 3.23. The number of carbonyl (C=O) groups is 2. The van der Waals surface area contributed by atoms with Crippen molar-refractivity contribution in [2.45, 2.75) is 31.2 Å². The van der Waals surface area contributed by atoms with Gasteiger partial charge in [0.2, 0.25) is 5.91 Å². The summed E-state index contributed by atoms with van der Waals surface area (Å²) in [6.07, 6.45) is 2.78.